The number of nitrogens with two attached hydrogens (primary N) is 1. The number of hydrogen-bond donors (Lipinski definition) is 1. The van der Waals surface area contributed by atoms with E-state index in [1.807, 2.05) is 4.90 Å². The van der Waals surface area contributed by atoms with Crippen molar-refractivity contribution in [3.05, 3.63) is 17.2 Å². The topological polar surface area (TPSA) is 99.2 Å². The summed E-state index contributed by atoms with van der Waals surface area (Å²) in [5, 5.41) is 5.17. The second-order valence-electron chi connectivity index (χ2n) is 4.90. The van der Waals surface area contributed by atoms with Crippen molar-refractivity contribution in [2.24, 2.45) is 12.8 Å². The Hall–Kier alpha value is -1.77. The van der Waals surface area contributed by atoms with E-state index in [0.29, 0.717) is 41.7 Å². The number of aromatic nitrogens is 4. The first-order valence-corrected chi connectivity index (χ1v) is 6.89. The molecule has 0 spiro atoms. The molecule has 0 radical (unpaired) electrons. The number of aryl methyl sites for hydroxylation is 1. The molecule has 1 saturated heterocycles. The number of amides is 1. The van der Waals surface area contributed by atoms with Gasteiger partial charge in [0, 0.05) is 13.6 Å². The molecule has 1 unspecified atom stereocenters. The van der Waals surface area contributed by atoms with Crippen molar-refractivity contribution in [3.63, 3.8) is 0 Å². The lowest BCUT2D eigenvalue weighted by molar-refractivity contribution is -0.129. The SMILES string of the molecule is Cn1ncc2c(Cl)nc(CN3CCOCC3C(N)=O)nc21. The number of nitrogens with zero attached hydrogens (tertiary/aromatic N) is 5. The van der Waals surface area contributed by atoms with Crippen molar-refractivity contribution >= 4 is 28.5 Å². The molecule has 1 aliphatic rings. The number of carbonyl (C=O) groups excluding carboxylic acids is 1. The van der Waals surface area contributed by atoms with Gasteiger partial charge in [-0.2, -0.15) is 5.10 Å². The van der Waals surface area contributed by atoms with E-state index in [1.165, 1.54) is 0 Å². The van der Waals surface area contributed by atoms with Gasteiger partial charge in [0.05, 0.1) is 31.3 Å². The lowest BCUT2D eigenvalue weighted by atomic mass is 10.2. The van der Waals surface area contributed by atoms with Crippen molar-refractivity contribution in [1.29, 1.82) is 0 Å². The number of carbonyl (C=O) groups is 1. The molecule has 1 amide bonds. The van der Waals surface area contributed by atoms with Crippen LogP contribution in [0.2, 0.25) is 5.15 Å². The van der Waals surface area contributed by atoms with Crippen LogP contribution in [0.25, 0.3) is 11.0 Å². The molecule has 0 bridgehead atoms. The molecule has 0 aromatic carbocycles. The van der Waals surface area contributed by atoms with Gasteiger partial charge in [-0.25, -0.2) is 9.97 Å². The monoisotopic (exact) mass is 310 g/mol. The maximum Gasteiger partial charge on any atom is 0.237 e. The van der Waals surface area contributed by atoms with Gasteiger partial charge in [-0.15, -0.1) is 0 Å². The van der Waals surface area contributed by atoms with Crippen LogP contribution in [-0.2, 0) is 23.1 Å². The van der Waals surface area contributed by atoms with Crippen molar-refractivity contribution in [1.82, 2.24) is 24.6 Å². The number of rotatable bonds is 3. The smallest absolute Gasteiger partial charge is 0.237 e. The summed E-state index contributed by atoms with van der Waals surface area (Å²) in [5.74, 6) is 0.117. The van der Waals surface area contributed by atoms with Crippen LogP contribution in [-0.4, -0.2) is 56.4 Å². The van der Waals surface area contributed by atoms with Crippen LogP contribution in [0.4, 0.5) is 0 Å². The van der Waals surface area contributed by atoms with Crippen LogP contribution >= 0.6 is 11.6 Å². The molecule has 0 aliphatic carbocycles. The molecule has 3 rings (SSSR count). The summed E-state index contributed by atoms with van der Waals surface area (Å²) in [6.45, 7) is 1.82. The van der Waals surface area contributed by atoms with Crippen molar-refractivity contribution in [3.8, 4) is 0 Å². The van der Waals surface area contributed by atoms with E-state index in [-0.39, 0.29) is 6.61 Å². The van der Waals surface area contributed by atoms with E-state index in [1.54, 1.807) is 17.9 Å². The Labute approximate surface area is 125 Å². The number of primary amides is 1. The minimum Gasteiger partial charge on any atom is -0.378 e. The van der Waals surface area contributed by atoms with Crippen molar-refractivity contribution in [2.45, 2.75) is 12.6 Å². The number of ether oxygens (including phenoxy) is 1. The largest absolute Gasteiger partial charge is 0.378 e. The van der Waals surface area contributed by atoms with Crippen LogP contribution in [0.5, 0.6) is 0 Å². The third-order valence-electron chi connectivity index (χ3n) is 3.50. The van der Waals surface area contributed by atoms with Gasteiger partial charge in [0.2, 0.25) is 5.91 Å². The second-order valence-corrected chi connectivity index (χ2v) is 5.26. The summed E-state index contributed by atoms with van der Waals surface area (Å²) in [6.07, 6.45) is 1.63. The van der Waals surface area contributed by atoms with Crippen molar-refractivity contribution < 1.29 is 9.53 Å². The van der Waals surface area contributed by atoms with Gasteiger partial charge in [0.25, 0.3) is 0 Å². The Balaban J connectivity index is 1.90. The highest BCUT2D eigenvalue weighted by molar-refractivity contribution is 6.33. The minimum absolute atomic E-state index is 0.289. The molecule has 2 N–H and O–H groups in total. The van der Waals surface area contributed by atoms with Crippen LogP contribution < -0.4 is 5.73 Å². The van der Waals surface area contributed by atoms with Gasteiger partial charge in [0.1, 0.15) is 17.0 Å². The van der Waals surface area contributed by atoms with Gasteiger partial charge in [-0.05, 0) is 0 Å². The number of fused-ring (bicyclic) bond motifs is 1. The van der Waals surface area contributed by atoms with Gasteiger partial charge in [-0.1, -0.05) is 11.6 Å². The standard InChI is InChI=1S/C12H15ClN6O2/c1-18-12-7(4-15-18)10(13)16-9(17-12)5-19-2-3-21-6-8(19)11(14)20/h4,8H,2-3,5-6H2,1H3,(H2,14,20). The van der Waals surface area contributed by atoms with E-state index in [9.17, 15) is 4.79 Å². The zero-order chi connectivity index (χ0) is 15.0. The zero-order valence-corrected chi connectivity index (χ0v) is 12.2. The van der Waals surface area contributed by atoms with E-state index in [2.05, 4.69) is 15.1 Å². The molecule has 2 aromatic rings. The fraction of sp³-hybridized carbons (Fsp3) is 0.500. The average Bonchev–Trinajstić information content (AvgIpc) is 2.81. The fourth-order valence-corrected chi connectivity index (χ4v) is 2.60. The molecule has 1 aliphatic heterocycles. The van der Waals surface area contributed by atoms with Crippen LogP contribution in [0, 0.1) is 0 Å². The highest BCUT2D eigenvalue weighted by Crippen LogP contribution is 2.20. The number of morpholine rings is 1. The van der Waals surface area contributed by atoms with Gasteiger partial charge in [-0.3, -0.25) is 14.4 Å². The molecule has 9 heteroatoms. The Kier molecular flexibility index (Phi) is 3.75. The maximum absolute atomic E-state index is 11.5. The average molecular weight is 311 g/mol. The van der Waals surface area contributed by atoms with Crippen LogP contribution in [0.15, 0.2) is 6.20 Å². The van der Waals surface area contributed by atoms with Gasteiger partial charge < -0.3 is 10.5 Å². The lowest BCUT2D eigenvalue weighted by Gasteiger charge is -2.32. The Morgan fingerprint density at radius 2 is 2.38 bits per heavy atom. The molecule has 1 fully saturated rings. The van der Waals surface area contributed by atoms with E-state index in [4.69, 9.17) is 22.1 Å². The summed E-state index contributed by atoms with van der Waals surface area (Å²) >= 11 is 6.15. The lowest BCUT2D eigenvalue weighted by Crippen LogP contribution is -2.52. The Morgan fingerprint density at radius 1 is 1.57 bits per heavy atom. The second kappa shape index (κ2) is 5.55. The Morgan fingerprint density at radius 3 is 3.14 bits per heavy atom. The molecule has 1 atom stereocenters. The first kappa shape index (κ1) is 14.2. The molecule has 2 aromatic heterocycles. The van der Waals surface area contributed by atoms with Crippen LogP contribution in [0.1, 0.15) is 5.82 Å². The summed E-state index contributed by atoms with van der Waals surface area (Å²) < 4.78 is 6.92. The third kappa shape index (κ3) is 2.69. The Bertz CT molecular complexity index is 688. The summed E-state index contributed by atoms with van der Waals surface area (Å²) in [6, 6.07) is -0.469. The molecule has 21 heavy (non-hydrogen) atoms. The first-order chi connectivity index (χ1) is 10.1. The molecule has 3 heterocycles. The summed E-state index contributed by atoms with van der Waals surface area (Å²) in [7, 11) is 1.79. The quantitative estimate of drug-likeness (QED) is 0.782. The molecular weight excluding hydrogens is 296 g/mol. The molecule has 8 nitrogen and oxygen atoms in total. The van der Waals surface area contributed by atoms with Gasteiger partial charge >= 0.3 is 0 Å². The highest BCUT2D eigenvalue weighted by Gasteiger charge is 2.28. The predicted molar refractivity (Wildman–Crippen MR) is 75.5 cm³/mol. The normalized spacial score (nSPS) is 20.0. The maximum atomic E-state index is 11.5. The molecule has 112 valence electrons. The molecule has 0 saturated carbocycles. The van der Waals surface area contributed by atoms with Gasteiger partial charge in [0.15, 0.2) is 5.65 Å². The van der Waals surface area contributed by atoms with E-state index in [0.717, 1.165) is 0 Å². The number of halogens is 1. The van der Waals surface area contributed by atoms with E-state index < -0.39 is 11.9 Å². The molecular formula is C12H15ClN6O2. The predicted octanol–water partition coefficient (Wildman–Crippen LogP) is -0.297. The zero-order valence-electron chi connectivity index (χ0n) is 11.5. The van der Waals surface area contributed by atoms with E-state index >= 15 is 0 Å². The minimum atomic E-state index is -0.469. The summed E-state index contributed by atoms with van der Waals surface area (Å²) in [4.78, 5) is 22.1. The van der Waals surface area contributed by atoms with Crippen LogP contribution in [0.3, 0.4) is 0 Å². The highest BCUT2D eigenvalue weighted by atomic mass is 35.5. The third-order valence-corrected chi connectivity index (χ3v) is 3.79. The summed E-state index contributed by atoms with van der Waals surface area (Å²) in [5.41, 5.74) is 6.06. The fourth-order valence-electron chi connectivity index (χ4n) is 2.37. The first-order valence-electron chi connectivity index (χ1n) is 6.51. The van der Waals surface area contributed by atoms with Crippen molar-refractivity contribution in [2.75, 3.05) is 19.8 Å². The number of hydrogen-bond acceptors (Lipinski definition) is 6.